The minimum absolute atomic E-state index is 0.0837. The number of rotatable bonds is 6. The zero-order valence-corrected chi connectivity index (χ0v) is 23.1. The summed E-state index contributed by atoms with van der Waals surface area (Å²) in [6, 6.07) is 6.94. The molecule has 3 aliphatic rings. The summed E-state index contributed by atoms with van der Waals surface area (Å²) in [5, 5.41) is 17.0. The maximum atomic E-state index is 14.2. The second-order valence-electron chi connectivity index (χ2n) is 11.6. The summed E-state index contributed by atoms with van der Waals surface area (Å²) in [5.41, 5.74) is 4.01. The van der Waals surface area contributed by atoms with Crippen molar-refractivity contribution in [3.63, 3.8) is 0 Å². The van der Waals surface area contributed by atoms with Crippen molar-refractivity contribution in [2.75, 3.05) is 0 Å². The van der Waals surface area contributed by atoms with Gasteiger partial charge < -0.3 is 15.3 Å². The second-order valence-corrected chi connectivity index (χ2v) is 11.6. The molecule has 3 aliphatic carbocycles. The lowest BCUT2D eigenvalue weighted by molar-refractivity contribution is 0.0442. The Morgan fingerprint density at radius 3 is 2.27 bits per heavy atom. The van der Waals surface area contributed by atoms with Gasteiger partial charge in [0, 0.05) is 24.2 Å². The molecule has 2 N–H and O–H groups in total. The Morgan fingerprint density at radius 1 is 0.950 bits per heavy atom. The van der Waals surface area contributed by atoms with Crippen molar-refractivity contribution in [3.05, 3.63) is 64.1 Å². The van der Waals surface area contributed by atoms with Gasteiger partial charge in [-0.2, -0.15) is 5.10 Å². The van der Waals surface area contributed by atoms with Crippen molar-refractivity contribution in [1.82, 2.24) is 24.8 Å². The molecule has 0 aliphatic heterocycles. The first-order valence-corrected chi connectivity index (χ1v) is 14.8. The number of aromatic nitrogens is 3. The summed E-state index contributed by atoms with van der Waals surface area (Å²) in [6.07, 6.45) is 14.1. The highest BCUT2D eigenvalue weighted by Gasteiger charge is 2.35. The average molecular weight is 544 g/mol. The van der Waals surface area contributed by atoms with E-state index >= 15 is 0 Å². The predicted octanol–water partition coefficient (Wildman–Crippen LogP) is 5.26. The van der Waals surface area contributed by atoms with E-state index in [4.69, 9.17) is 0 Å². The SMILES string of the molecule is Cc1c(C(=O)O)ccc2c1CC[C@@H]2NC(=O)c1cc(C(=O)N(C2CCCCC2)C2CCCCC2)nc2ccnn12. The standard InChI is InChI=1S/C31H37N5O4/c1-19-22-14-15-25(24(22)13-12-23(19)31(39)40)34-29(37)27-18-26(33-28-16-17-32-36(27)28)30(38)35(20-8-4-2-5-9-20)21-10-6-3-7-11-21/h12-13,16-18,20-21,25H,2-11,14-15H2,1H3,(H,34,37)(H,39,40)/t25-/m0/s1. The summed E-state index contributed by atoms with van der Waals surface area (Å²) >= 11 is 0. The molecule has 210 valence electrons. The molecule has 6 rings (SSSR count). The average Bonchev–Trinajstić information content (AvgIpc) is 3.61. The lowest BCUT2D eigenvalue weighted by Crippen LogP contribution is -2.49. The maximum absolute atomic E-state index is 14.2. The predicted molar refractivity (Wildman–Crippen MR) is 150 cm³/mol. The zero-order valence-electron chi connectivity index (χ0n) is 23.1. The van der Waals surface area contributed by atoms with Crippen LogP contribution in [-0.4, -0.2) is 54.5 Å². The number of carbonyl (C=O) groups is 3. The van der Waals surface area contributed by atoms with E-state index in [1.165, 1.54) is 17.4 Å². The number of benzene rings is 1. The Bertz CT molecular complexity index is 1430. The third kappa shape index (κ3) is 4.86. The van der Waals surface area contributed by atoms with Crippen LogP contribution in [0.5, 0.6) is 0 Å². The molecule has 3 aromatic rings. The third-order valence-corrected chi connectivity index (χ3v) is 9.21. The molecule has 1 aromatic carbocycles. The van der Waals surface area contributed by atoms with Crippen LogP contribution in [-0.2, 0) is 6.42 Å². The van der Waals surface area contributed by atoms with Gasteiger partial charge in [0.15, 0.2) is 5.65 Å². The van der Waals surface area contributed by atoms with Crippen LogP contribution in [0.15, 0.2) is 30.5 Å². The number of hydrogen-bond donors (Lipinski definition) is 2. The number of amides is 2. The van der Waals surface area contributed by atoms with Gasteiger partial charge in [-0.3, -0.25) is 9.59 Å². The van der Waals surface area contributed by atoms with E-state index in [0.717, 1.165) is 68.1 Å². The van der Waals surface area contributed by atoms with E-state index in [2.05, 4.69) is 20.3 Å². The van der Waals surface area contributed by atoms with Crippen LogP contribution in [0.2, 0.25) is 0 Å². The van der Waals surface area contributed by atoms with Crippen LogP contribution in [0.1, 0.15) is 125 Å². The summed E-state index contributed by atoms with van der Waals surface area (Å²) in [5.74, 6) is -1.36. The van der Waals surface area contributed by atoms with E-state index in [1.807, 2.05) is 6.92 Å². The van der Waals surface area contributed by atoms with E-state index in [9.17, 15) is 19.5 Å². The highest BCUT2D eigenvalue weighted by Crippen LogP contribution is 2.35. The minimum atomic E-state index is -0.946. The van der Waals surface area contributed by atoms with E-state index in [1.54, 1.807) is 30.5 Å². The molecule has 9 heteroatoms. The largest absolute Gasteiger partial charge is 0.478 e. The number of carboxylic acid groups (broad SMARTS) is 1. The first-order chi connectivity index (χ1) is 19.4. The first kappa shape index (κ1) is 26.5. The normalized spacial score (nSPS) is 19.9. The van der Waals surface area contributed by atoms with Crippen molar-refractivity contribution in [2.45, 2.75) is 102 Å². The van der Waals surface area contributed by atoms with Crippen LogP contribution in [0.3, 0.4) is 0 Å². The molecule has 0 radical (unpaired) electrons. The number of nitrogens with zero attached hydrogens (tertiary/aromatic N) is 4. The van der Waals surface area contributed by atoms with Crippen LogP contribution in [0.4, 0.5) is 0 Å². The number of nitrogens with one attached hydrogen (secondary N) is 1. The highest BCUT2D eigenvalue weighted by atomic mass is 16.4. The van der Waals surface area contributed by atoms with Gasteiger partial charge in [0.1, 0.15) is 11.4 Å². The van der Waals surface area contributed by atoms with Gasteiger partial charge in [-0.1, -0.05) is 44.6 Å². The van der Waals surface area contributed by atoms with Gasteiger partial charge in [0.05, 0.1) is 17.8 Å². The Kier molecular flexibility index (Phi) is 7.29. The Balaban J connectivity index is 1.30. The molecule has 2 heterocycles. The number of carboxylic acids is 1. The lowest BCUT2D eigenvalue weighted by atomic mass is 9.88. The molecular weight excluding hydrogens is 506 g/mol. The zero-order chi connectivity index (χ0) is 27.8. The molecule has 1 atom stereocenters. The minimum Gasteiger partial charge on any atom is -0.478 e. The van der Waals surface area contributed by atoms with Crippen LogP contribution in [0, 0.1) is 6.92 Å². The molecule has 2 saturated carbocycles. The summed E-state index contributed by atoms with van der Waals surface area (Å²) in [7, 11) is 0. The Morgan fingerprint density at radius 2 is 1.62 bits per heavy atom. The third-order valence-electron chi connectivity index (χ3n) is 9.21. The number of fused-ring (bicyclic) bond motifs is 2. The monoisotopic (exact) mass is 543 g/mol. The Hall–Kier alpha value is -3.75. The molecule has 2 fully saturated rings. The number of aromatic carboxylic acids is 1. The smallest absolute Gasteiger partial charge is 0.335 e. The fraction of sp³-hybridized carbons (Fsp3) is 0.516. The molecule has 2 aromatic heterocycles. The molecular formula is C31H37N5O4. The Labute approximate surface area is 234 Å². The van der Waals surface area contributed by atoms with Gasteiger partial charge in [0.2, 0.25) is 0 Å². The molecule has 0 spiro atoms. The molecule has 0 bridgehead atoms. The van der Waals surface area contributed by atoms with Gasteiger partial charge in [-0.05, 0) is 68.2 Å². The van der Waals surface area contributed by atoms with Crippen molar-refractivity contribution < 1.29 is 19.5 Å². The van der Waals surface area contributed by atoms with Gasteiger partial charge in [-0.15, -0.1) is 0 Å². The molecule has 0 unspecified atom stereocenters. The number of hydrogen-bond acceptors (Lipinski definition) is 5. The van der Waals surface area contributed by atoms with E-state index in [-0.39, 0.29) is 35.6 Å². The quantitative estimate of drug-likeness (QED) is 0.438. The van der Waals surface area contributed by atoms with Crippen molar-refractivity contribution in [3.8, 4) is 0 Å². The fourth-order valence-corrected chi connectivity index (χ4v) is 7.16. The van der Waals surface area contributed by atoms with Crippen molar-refractivity contribution >= 4 is 23.4 Å². The van der Waals surface area contributed by atoms with E-state index < -0.39 is 5.97 Å². The van der Waals surface area contributed by atoms with Gasteiger partial charge >= 0.3 is 5.97 Å². The molecule has 2 amide bonds. The van der Waals surface area contributed by atoms with Crippen molar-refractivity contribution in [1.29, 1.82) is 0 Å². The summed E-state index contributed by atoms with van der Waals surface area (Å²) < 4.78 is 1.49. The van der Waals surface area contributed by atoms with Gasteiger partial charge in [0.25, 0.3) is 11.8 Å². The summed E-state index contributed by atoms with van der Waals surface area (Å²) in [4.78, 5) is 46.3. The summed E-state index contributed by atoms with van der Waals surface area (Å²) in [6.45, 7) is 1.82. The van der Waals surface area contributed by atoms with Crippen LogP contribution < -0.4 is 5.32 Å². The topological polar surface area (TPSA) is 117 Å². The second kappa shape index (κ2) is 11.0. The van der Waals surface area contributed by atoms with Crippen molar-refractivity contribution in [2.24, 2.45) is 0 Å². The fourth-order valence-electron chi connectivity index (χ4n) is 7.16. The molecule has 40 heavy (non-hydrogen) atoms. The number of carbonyl (C=O) groups excluding carboxylic acids is 2. The molecule has 0 saturated heterocycles. The van der Waals surface area contributed by atoms with E-state index in [0.29, 0.717) is 29.7 Å². The highest BCUT2D eigenvalue weighted by molar-refractivity contribution is 5.99. The maximum Gasteiger partial charge on any atom is 0.335 e. The van der Waals surface area contributed by atoms with Gasteiger partial charge in [-0.25, -0.2) is 14.3 Å². The molecule has 9 nitrogen and oxygen atoms in total. The first-order valence-electron chi connectivity index (χ1n) is 14.8. The van der Waals surface area contributed by atoms with Crippen LogP contribution >= 0.6 is 0 Å². The lowest BCUT2D eigenvalue weighted by Gasteiger charge is -2.41. The van der Waals surface area contributed by atoms with Crippen LogP contribution in [0.25, 0.3) is 5.65 Å².